The topological polar surface area (TPSA) is 66.0 Å². The van der Waals surface area contributed by atoms with Crippen LogP contribution >= 0.6 is 0 Å². The summed E-state index contributed by atoms with van der Waals surface area (Å²) in [5.74, 6) is -0.172. The maximum atomic E-state index is 12.0. The normalized spacial score (nSPS) is 11.3. The Kier molecular flexibility index (Phi) is 3.93. The Hall–Kier alpha value is -1.79. The molecule has 0 saturated carbocycles. The third-order valence-corrected chi connectivity index (χ3v) is 2.20. The number of nitrogen functional groups attached to an aromatic ring is 1. The lowest BCUT2D eigenvalue weighted by molar-refractivity contribution is -0.132. The Morgan fingerprint density at radius 1 is 1.47 bits per heavy atom. The molecule has 0 atom stereocenters. The molecule has 0 aliphatic heterocycles. The van der Waals surface area contributed by atoms with Crippen molar-refractivity contribution in [1.82, 2.24) is 4.98 Å². The van der Waals surface area contributed by atoms with E-state index in [-0.39, 0.29) is 12.4 Å². The van der Waals surface area contributed by atoms with Gasteiger partial charge in [0.15, 0.2) is 0 Å². The molecule has 17 heavy (non-hydrogen) atoms. The zero-order chi connectivity index (χ0) is 13.1. The van der Waals surface area contributed by atoms with Crippen LogP contribution < -0.4 is 10.6 Å². The van der Waals surface area contributed by atoms with E-state index in [2.05, 4.69) is 4.98 Å². The van der Waals surface area contributed by atoms with Gasteiger partial charge in [-0.1, -0.05) is 0 Å². The summed E-state index contributed by atoms with van der Waals surface area (Å²) < 4.78 is 36.0. The van der Waals surface area contributed by atoms with Crippen molar-refractivity contribution in [3.05, 3.63) is 24.0 Å². The number of nitrogens with zero attached hydrogens (tertiary/aromatic N) is 2. The van der Waals surface area contributed by atoms with Gasteiger partial charge in [0.2, 0.25) is 0 Å². The van der Waals surface area contributed by atoms with Crippen molar-refractivity contribution in [3.63, 3.8) is 0 Å². The fourth-order valence-corrected chi connectivity index (χ4v) is 1.19. The number of nitrogens with one attached hydrogen (secondary N) is 1. The SMILES string of the molecule is CN(CCC(F)(F)F)c1ccc(C(=N)N)nc1. The molecule has 0 aromatic carbocycles. The number of hydrogen-bond donors (Lipinski definition) is 2. The van der Waals surface area contributed by atoms with Crippen LogP contribution in [-0.2, 0) is 0 Å². The molecule has 7 heteroatoms. The molecule has 0 radical (unpaired) electrons. The second kappa shape index (κ2) is 5.03. The van der Waals surface area contributed by atoms with Crippen LogP contribution in [0.2, 0.25) is 0 Å². The summed E-state index contributed by atoms with van der Waals surface area (Å²) in [6, 6.07) is 3.09. The van der Waals surface area contributed by atoms with Gasteiger partial charge in [0, 0.05) is 13.6 Å². The molecule has 0 bridgehead atoms. The predicted molar refractivity (Wildman–Crippen MR) is 59.2 cm³/mol. The van der Waals surface area contributed by atoms with Crippen LogP contribution in [0.5, 0.6) is 0 Å². The molecular formula is C10H13F3N4. The van der Waals surface area contributed by atoms with E-state index in [1.807, 2.05) is 0 Å². The lowest BCUT2D eigenvalue weighted by atomic mass is 10.3. The van der Waals surface area contributed by atoms with Gasteiger partial charge in [0.25, 0.3) is 0 Å². The minimum atomic E-state index is -4.17. The fourth-order valence-electron chi connectivity index (χ4n) is 1.19. The number of aromatic nitrogens is 1. The average molecular weight is 246 g/mol. The van der Waals surface area contributed by atoms with Crippen molar-refractivity contribution < 1.29 is 13.2 Å². The van der Waals surface area contributed by atoms with Crippen LogP contribution in [0.15, 0.2) is 18.3 Å². The Morgan fingerprint density at radius 2 is 2.12 bits per heavy atom. The highest BCUT2D eigenvalue weighted by molar-refractivity contribution is 5.93. The molecule has 4 nitrogen and oxygen atoms in total. The summed E-state index contributed by atoms with van der Waals surface area (Å²) in [6.45, 7) is -0.134. The molecule has 0 amide bonds. The van der Waals surface area contributed by atoms with Crippen molar-refractivity contribution >= 4 is 11.5 Å². The van der Waals surface area contributed by atoms with Gasteiger partial charge in [-0.25, -0.2) is 0 Å². The number of rotatable bonds is 4. The molecule has 0 saturated heterocycles. The van der Waals surface area contributed by atoms with Crippen LogP contribution in [0, 0.1) is 5.41 Å². The first kappa shape index (κ1) is 13.3. The van der Waals surface area contributed by atoms with Crippen LogP contribution in [-0.4, -0.2) is 30.6 Å². The van der Waals surface area contributed by atoms with Gasteiger partial charge < -0.3 is 10.6 Å². The average Bonchev–Trinajstić information content (AvgIpc) is 2.25. The summed E-state index contributed by atoms with van der Waals surface area (Å²) in [5, 5.41) is 7.13. The van der Waals surface area contributed by atoms with Crippen LogP contribution in [0.4, 0.5) is 18.9 Å². The van der Waals surface area contributed by atoms with Gasteiger partial charge in [-0.15, -0.1) is 0 Å². The highest BCUT2D eigenvalue weighted by Crippen LogP contribution is 2.21. The summed E-state index contributed by atoms with van der Waals surface area (Å²) in [4.78, 5) is 5.32. The summed E-state index contributed by atoms with van der Waals surface area (Å²) in [5.41, 5.74) is 6.07. The van der Waals surface area contributed by atoms with E-state index in [1.54, 1.807) is 13.1 Å². The minimum absolute atomic E-state index is 0.134. The van der Waals surface area contributed by atoms with Crippen molar-refractivity contribution in [1.29, 1.82) is 5.41 Å². The lowest BCUT2D eigenvalue weighted by Gasteiger charge is -2.19. The Labute approximate surface area is 96.8 Å². The highest BCUT2D eigenvalue weighted by atomic mass is 19.4. The van der Waals surface area contributed by atoms with Crippen LogP contribution in [0.1, 0.15) is 12.1 Å². The molecule has 94 valence electrons. The molecule has 0 unspecified atom stereocenters. The quantitative estimate of drug-likeness (QED) is 0.628. The molecule has 1 heterocycles. The number of alkyl halides is 3. The maximum Gasteiger partial charge on any atom is 0.390 e. The standard InChI is InChI=1S/C10H13F3N4/c1-17(5-4-10(11,12)13)7-2-3-8(9(14)15)16-6-7/h2-3,6H,4-5H2,1H3,(H3,14,15). The van der Waals surface area contributed by atoms with Gasteiger partial charge in [-0.3, -0.25) is 10.4 Å². The maximum absolute atomic E-state index is 12.0. The molecule has 0 aliphatic carbocycles. The molecule has 0 aliphatic rings. The molecule has 1 aromatic rings. The van der Waals surface area contributed by atoms with Gasteiger partial charge >= 0.3 is 6.18 Å². The zero-order valence-electron chi connectivity index (χ0n) is 9.25. The third-order valence-electron chi connectivity index (χ3n) is 2.20. The first-order valence-electron chi connectivity index (χ1n) is 4.88. The van der Waals surface area contributed by atoms with Crippen LogP contribution in [0.3, 0.4) is 0 Å². The van der Waals surface area contributed by atoms with E-state index >= 15 is 0 Å². The highest BCUT2D eigenvalue weighted by Gasteiger charge is 2.27. The number of pyridine rings is 1. The van der Waals surface area contributed by atoms with Crippen molar-refractivity contribution in [3.8, 4) is 0 Å². The fraction of sp³-hybridized carbons (Fsp3) is 0.400. The van der Waals surface area contributed by atoms with E-state index < -0.39 is 12.6 Å². The zero-order valence-corrected chi connectivity index (χ0v) is 9.25. The largest absolute Gasteiger partial charge is 0.390 e. The summed E-state index contributed by atoms with van der Waals surface area (Å²) in [7, 11) is 1.55. The molecule has 3 N–H and O–H groups in total. The number of anilines is 1. The van der Waals surface area contributed by atoms with Crippen molar-refractivity contribution in [2.24, 2.45) is 5.73 Å². The second-order valence-electron chi connectivity index (χ2n) is 3.60. The van der Waals surface area contributed by atoms with Gasteiger partial charge in [-0.05, 0) is 12.1 Å². The van der Waals surface area contributed by atoms with E-state index in [4.69, 9.17) is 11.1 Å². The predicted octanol–water partition coefficient (Wildman–Crippen LogP) is 1.75. The van der Waals surface area contributed by atoms with Gasteiger partial charge in [0.05, 0.1) is 18.3 Å². The van der Waals surface area contributed by atoms with E-state index in [9.17, 15) is 13.2 Å². The Bertz CT molecular complexity index is 386. The molecule has 1 aromatic heterocycles. The smallest absolute Gasteiger partial charge is 0.382 e. The first-order chi connectivity index (χ1) is 7.79. The number of halogens is 3. The Morgan fingerprint density at radius 3 is 2.53 bits per heavy atom. The first-order valence-corrected chi connectivity index (χ1v) is 4.88. The van der Waals surface area contributed by atoms with Crippen LogP contribution in [0.25, 0.3) is 0 Å². The minimum Gasteiger partial charge on any atom is -0.382 e. The number of nitrogens with two attached hydrogens (primary N) is 1. The second-order valence-corrected chi connectivity index (χ2v) is 3.60. The summed E-state index contributed by atoms with van der Waals surface area (Å²) >= 11 is 0. The van der Waals surface area contributed by atoms with Gasteiger partial charge in [0.1, 0.15) is 11.5 Å². The molecular weight excluding hydrogens is 233 g/mol. The van der Waals surface area contributed by atoms with E-state index in [1.165, 1.54) is 17.2 Å². The van der Waals surface area contributed by atoms with Crippen molar-refractivity contribution in [2.45, 2.75) is 12.6 Å². The number of hydrogen-bond acceptors (Lipinski definition) is 3. The van der Waals surface area contributed by atoms with Gasteiger partial charge in [-0.2, -0.15) is 13.2 Å². The van der Waals surface area contributed by atoms with E-state index in [0.29, 0.717) is 11.4 Å². The number of amidine groups is 1. The monoisotopic (exact) mass is 246 g/mol. The van der Waals surface area contributed by atoms with Crippen molar-refractivity contribution in [2.75, 3.05) is 18.5 Å². The summed E-state index contributed by atoms with van der Waals surface area (Å²) in [6.07, 6.45) is -3.65. The molecule has 0 spiro atoms. The molecule has 0 fully saturated rings. The molecule has 1 rings (SSSR count). The third kappa shape index (κ3) is 4.29. The van der Waals surface area contributed by atoms with E-state index in [0.717, 1.165) is 0 Å². The lowest BCUT2D eigenvalue weighted by Crippen LogP contribution is -2.24. The Balaban J connectivity index is 2.63.